The predicted molar refractivity (Wildman–Crippen MR) is 75.7 cm³/mol. The summed E-state index contributed by atoms with van der Waals surface area (Å²) in [6, 6.07) is 11.9. The number of rotatable bonds is 4. The van der Waals surface area contributed by atoms with Crippen LogP contribution in [0.5, 0.6) is 0 Å². The van der Waals surface area contributed by atoms with Crippen molar-refractivity contribution >= 4 is 5.91 Å². The third-order valence-electron chi connectivity index (χ3n) is 3.73. The molecule has 1 fully saturated rings. The molecule has 4 nitrogen and oxygen atoms in total. The number of nitriles is 1. The SMILES string of the molecule is CC(C)(Cc1ccccc1)C(=O)N1CC(O)(CC#N)C1. The van der Waals surface area contributed by atoms with Crippen molar-refractivity contribution in [2.75, 3.05) is 13.1 Å². The van der Waals surface area contributed by atoms with E-state index in [9.17, 15) is 9.90 Å². The summed E-state index contributed by atoms with van der Waals surface area (Å²) < 4.78 is 0. The molecule has 4 heteroatoms. The number of hydrogen-bond acceptors (Lipinski definition) is 3. The lowest BCUT2D eigenvalue weighted by Crippen LogP contribution is -2.65. The summed E-state index contributed by atoms with van der Waals surface area (Å²) in [7, 11) is 0. The maximum Gasteiger partial charge on any atom is 0.228 e. The Kier molecular flexibility index (Phi) is 3.82. The molecule has 1 heterocycles. The van der Waals surface area contributed by atoms with Crippen LogP contribution in [-0.2, 0) is 11.2 Å². The summed E-state index contributed by atoms with van der Waals surface area (Å²) in [6.45, 7) is 4.36. The number of likely N-dealkylation sites (tertiary alicyclic amines) is 1. The molecule has 1 aliphatic heterocycles. The highest BCUT2D eigenvalue weighted by molar-refractivity contribution is 5.83. The number of β-amino-alcohol motifs (C(OH)–C–C–N with tert-alkyl or cyclic N) is 1. The van der Waals surface area contributed by atoms with Crippen LogP contribution in [0.1, 0.15) is 25.8 Å². The molecule has 1 aromatic rings. The average Bonchev–Trinajstić information content (AvgIpc) is 2.36. The van der Waals surface area contributed by atoms with Gasteiger partial charge in [-0.15, -0.1) is 0 Å². The molecule has 0 unspecified atom stereocenters. The van der Waals surface area contributed by atoms with Crippen LogP contribution in [0.4, 0.5) is 0 Å². The molecule has 1 amide bonds. The van der Waals surface area contributed by atoms with Crippen molar-refractivity contribution in [3.8, 4) is 6.07 Å². The first-order chi connectivity index (χ1) is 9.36. The zero-order valence-electron chi connectivity index (χ0n) is 12.0. The summed E-state index contributed by atoms with van der Waals surface area (Å²) >= 11 is 0. The van der Waals surface area contributed by atoms with E-state index in [4.69, 9.17) is 5.26 Å². The van der Waals surface area contributed by atoms with E-state index in [0.29, 0.717) is 6.42 Å². The zero-order valence-corrected chi connectivity index (χ0v) is 12.0. The molecule has 0 aromatic heterocycles. The fraction of sp³-hybridized carbons (Fsp3) is 0.500. The van der Waals surface area contributed by atoms with E-state index in [1.165, 1.54) is 0 Å². The van der Waals surface area contributed by atoms with Gasteiger partial charge < -0.3 is 10.0 Å². The first kappa shape index (κ1) is 14.5. The standard InChI is InChI=1S/C16H20N2O2/c1-15(2,10-13-6-4-3-5-7-13)14(19)18-11-16(20,12-18)8-9-17/h3-7,20H,8,10-12H2,1-2H3. The maximum absolute atomic E-state index is 12.5. The number of hydrogen-bond donors (Lipinski definition) is 1. The molecule has 1 aromatic carbocycles. The summed E-state index contributed by atoms with van der Waals surface area (Å²) in [5.74, 6) is 0.0315. The van der Waals surface area contributed by atoms with Crippen molar-refractivity contribution in [2.24, 2.45) is 5.41 Å². The van der Waals surface area contributed by atoms with Crippen LogP contribution in [0.2, 0.25) is 0 Å². The average molecular weight is 272 g/mol. The number of carbonyl (C=O) groups is 1. The number of amides is 1. The second-order valence-corrected chi connectivity index (χ2v) is 6.27. The highest BCUT2D eigenvalue weighted by Crippen LogP contribution is 2.31. The molecule has 1 saturated heterocycles. The largest absolute Gasteiger partial charge is 0.385 e. The molecule has 2 rings (SSSR count). The first-order valence-corrected chi connectivity index (χ1v) is 6.79. The molecule has 1 N–H and O–H groups in total. The summed E-state index contributed by atoms with van der Waals surface area (Å²) in [4.78, 5) is 14.1. The Morgan fingerprint density at radius 2 is 2.00 bits per heavy atom. The van der Waals surface area contributed by atoms with Crippen LogP contribution < -0.4 is 0 Å². The minimum absolute atomic E-state index is 0.0315. The lowest BCUT2D eigenvalue weighted by Gasteiger charge is -2.48. The molecule has 106 valence electrons. The highest BCUT2D eigenvalue weighted by Gasteiger charge is 2.46. The van der Waals surface area contributed by atoms with Gasteiger partial charge in [-0.05, 0) is 12.0 Å². The summed E-state index contributed by atoms with van der Waals surface area (Å²) in [5, 5.41) is 18.6. The van der Waals surface area contributed by atoms with Gasteiger partial charge in [0.25, 0.3) is 0 Å². The minimum atomic E-state index is -1.01. The summed E-state index contributed by atoms with van der Waals surface area (Å²) in [5.41, 5.74) is -0.388. The molecule has 20 heavy (non-hydrogen) atoms. The van der Waals surface area contributed by atoms with E-state index in [1.54, 1.807) is 4.90 Å². The zero-order chi connectivity index (χ0) is 14.8. The maximum atomic E-state index is 12.5. The van der Waals surface area contributed by atoms with Crippen LogP contribution in [0.25, 0.3) is 0 Å². The highest BCUT2D eigenvalue weighted by atomic mass is 16.3. The van der Waals surface area contributed by atoms with E-state index in [2.05, 4.69) is 0 Å². The molecular weight excluding hydrogens is 252 g/mol. The molecule has 0 bridgehead atoms. The number of benzene rings is 1. The van der Waals surface area contributed by atoms with Gasteiger partial charge in [0, 0.05) is 5.41 Å². The predicted octanol–water partition coefficient (Wildman–Crippen LogP) is 1.74. The smallest absolute Gasteiger partial charge is 0.228 e. The molecule has 0 atom stereocenters. The number of carbonyl (C=O) groups excluding carboxylic acids is 1. The van der Waals surface area contributed by atoms with Gasteiger partial charge in [-0.1, -0.05) is 44.2 Å². The van der Waals surface area contributed by atoms with E-state index < -0.39 is 11.0 Å². The molecule has 1 aliphatic rings. The second kappa shape index (κ2) is 5.26. The van der Waals surface area contributed by atoms with Crippen molar-refractivity contribution in [1.29, 1.82) is 5.26 Å². The molecule has 0 radical (unpaired) electrons. The van der Waals surface area contributed by atoms with E-state index in [0.717, 1.165) is 5.56 Å². The Bertz CT molecular complexity index is 525. The fourth-order valence-corrected chi connectivity index (χ4v) is 2.68. The Morgan fingerprint density at radius 1 is 1.40 bits per heavy atom. The van der Waals surface area contributed by atoms with Crippen molar-refractivity contribution in [3.05, 3.63) is 35.9 Å². The Morgan fingerprint density at radius 3 is 2.55 bits per heavy atom. The molecule has 0 aliphatic carbocycles. The third kappa shape index (κ3) is 3.00. The molecule has 0 spiro atoms. The van der Waals surface area contributed by atoms with E-state index in [1.807, 2.05) is 50.2 Å². The van der Waals surface area contributed by atoms with Gasteiger partial charge in [-0.25, -0.2) is 0 Å². The van der Waals surface area contributed by atoms with Crippen molar-refractivity contribution < 1.29 is 9.90 Å². The van der Waals surface area contributed by atoms with Crippen LogP contribution in [0, 0.1) is 16.7 Å². The lowest BCUT2D eigenvalue weighted by molar-refractivity contribution is -0.163. The van der Waals surface area contributed by atoms with Crippen molar-refractivity contribution in [1.82, 2.24) is 4.90 Å². The lowest BCUT2D eigenvalue weighted by atomic mass is 9.81. The van der Waals surface area contributed by atoms with Gasteiger partial charge in [0.2, 0.25) is 5.91 Å². The number of nitrogens with zero attached hydrogens (tertiary/aromatic N) is 2. The van der Waals surface area contributed by atoms with Gasteiger partial charge in [0.15, 0.2) is 0 Å². The van der Waals surface area contributed by atoms with E-state index >= 15 is 0 Å². The Hall–Kier alpha value is -1.86. The third-order valence-corrected chi connectivity index (χ3v) is 3.73. The van der Waals surface area contributed by atoms with Crippen molar-refractivity contribution in [3.63, 3.8) is 0 Å². The summed E-state index contributed by atoms with van der Waals surface area (Å²) in [6.07, 6.45) is 0.746. The van der Waals surface area contributed by atoms with Gasteiger partial charge in [0.05, 0.1) is 25.6 Å². The van der Waals surface area contributed by atoms with Gasteiger partial charge >= 0.3 is 0 Å². The van der Waals surface area contributed by atoms with Gasteiger partial charge in [-0.2, -0.15) is 5.26 Å². The second-order valence-electron chi connectivity index (χ2n) is 6.27. The normalized spacial score (nSPS) is 17.2. The van der Waals surface area contributed by atoms with Crippen molar-refractivity contribution in [2.45, 2.75) is 32.3 Å². The fourth-order valence-electron chi connectivity index (χ4n) is 2.68. The Labute approximate surface area is 119 Å². The van der Waals surface area contributed by atoms with Crippen LogP contribution in [0.3, 0.4) is 0 Å². The van der Waals surface area contributed by atoms with E-state index in [-0.39, 0.29) is 25.4 Å². The molecule has 0 saturated carbocycles. The van der Waals surface area contributed by atoms with Gasteiger partial charge in [0.1, 0.15) is 5.60 Å². The minimum Gasteiger partial charge on any atom is -0.385 e. The monoisotopic (exact) mass is 272 g/mol. The van der Waals surface area contributed by atoms with Crippen LogP contribution in [-0.4, -0.2) is 34.6 Å². The van der Waals surface area contributed by atoms with Gasteiger partial charge in [-0.3, -0.25) is 4.79 Å². The first-order valence-electron chi connectivity index (χ1n) is 6.79. The Balaban J connectivity index is 1.97. The quantitative estimate of drug-likeness (QED) is 0.908. The number of aliphatic hydroxyl groups is 1. The topological polar surface area (TPSA) is 64.3 Å². The molecular formula is C16H20N2O2. The van der Waals surface area contributed by atoms with Crippen LogP contribution in [0.15, 0.2) is 30.3 Å². The van der Waals surface area contributed by atoms with Crippen LogP contribution >= 0.6 is 0 Å².